The SMILES string of the molecule is Cc1nccc(C(N)=O)c1-c1cccnc1. The summed E-state index contributed by atoms with van der Waals surface area (Å²) in [6.45, 7) is 1.84. The van der Waals surface area contributed by atoms with Crippen molar-refractivity contribution < 1.29 is 4.79 Å². The molecule has 80 valence electrons. The molecular weight excluding hydrogens is 202 g/mol. The first-order chi connectivity index (χ1) is 7.70. The topological polar surface area (TPSA) is 68.9 Å². The average Bonchev–Trinajstić information content (AvgIpc) is 2.29. The van der Waals surface area contributed by atoms with Crippen molar-refractivity contribution in [2.75, 3.05) is 0 Å². The van der Waals surface area contributed by atoms with Gasteiger partial charge in [-0.2, -0.15) is 0 Å². The van der Waals surface area contributed by atoms with Crippen LogP contribution in [-0.4, -0.2) is 15.9 Å². The van der Waals surface area contributed by atoms with Gasteiger partial charge in [0.25, 0.3) is 0 Å². The Morgan fingerprint density at radius 3 is 2.75 bits per heavy atom. The van der Waals surface area contributed by atoms with Crippen LogP contribution in [0.4, 0.5) is 0 Å². The molecule has 2 rings (SSSR count). The minimum absolute atomic E-state index is 0.454. The smallest absolute Gasteiger partial charge is 0.249 e. The highest BCUT2D eigenvalue weighted by Crippen LogP contribution is 2.24. The third-order valence-electron chi connectivity index (χ3n) is 2.36. The summed E-state index contributed by atoms with van der Waals surface area (Å²) >= 11 is 0. The minimum Gasteiger partial charge on any atom is -0.366 e. The first kappa shape index (κ1) is 10.3. The number of carbonyl (C=O) groups is 1. The van der Waals surface area contributed by atoms with E-state index in [4.69, 9.17) is 5.73 Å². The molecule has 0 spiro atoms. The first-order valence-corrected chi connectivity index (χ1v) is 4.86. The predicted molar refractivity (Wildman–Crippen MR) is 60.7 cm³/mol. The van der Waals surface area contributed by atoms with E-state index in [1.165, 1.54) is 0 Å². The molecule has 0 aliphatic rings. The van der Waals surface area contributed by atoms with Crippen molar-refractivity contribution in [3.8, 4) is 11.1 Å². The Labute approximate surface area is 93.2 Å². The number of pyridine rings is 2. The minimum atomic E-state index is -0.454. The maximum atomic E-state index is 11.3. The van der Waals surface area contributed by atoms with Crippen LogP contribution in [0.3, 0.4) is 0 Å². The summed E-state index contributed by atoms with van der Waals surface area (Å²) < 4.78 is 0. The zero-order chi connectivity index (χ0) is 11.5. The van der Waals surface area contributed by atoms with Crippen LogP contribution in [0.2, 0.25) is 0 Å². The number of hydrogen-bond acceptors (Lipinski definition) is 3. The Morgan fingerprint density at radius 2 is 2.12 bits per heavy atom. The van der Waals surface area contributed by atoms with Gasteiger partial charge in [0.15, 0.2) is 0 Å². The maximum absolute atomic E-state index is 11.3. The van der Waals surface area contributed by atoms with Crippen LogP contribution < -0.4 is 5.73 Å². The summed E-state index contributed by atoms with van der Waals surface area (Å²) in [5.41, 5.74) is 8.18. The van der Waals surface area contributed by atoms with Crippen LogP contribution in [0, 0.1) is 6.92 Å². The Bertz CT molecular complexity index is 523. The number of rotatable bonds is 2. The molecule has 0 saturated carbocycles. The summed E-state index contributed by atoms with van der Waals surface area (Å²) in [6.07, 6.45) is 4.95. The maximum Gasteiger partial charge on any atom is 0.249 e. The van der Waals surface area contributed by atoms with E-state index in [2.05, 4.69) is 9.97 Å². The molecule has 0 aromatic carbocycles. The Hall–Kier alpha value is -2.23. The van der Waals surface area contributed by atoms with E-state index >= 15 is 0 Å². The largest absolute Gasteiger partial charge is 0.366 e. The van der Waals surface area contributed by atoms with Gasteiger partial charge in [-0.3, -0.25) is 14.8 Å². The molecule has 2 N–H and O–H groups in total. The first-order valence-electron chi connectivity index (χ1n) is 4.86. The van der Waals surface area contributed by atoms with Gasteiger partial charge in [-0.25, -0.2) is 0 Å². The molecule has 2 aromatic heterocycles. The highest BCUT2D eigenvalue weighted by atomic mass is 16.1. The molecule has 4 nitrogen and oxygen atoms in total. The van der Waals surface area contributed by atoms with Crippen molar-refractivity contribution in [3.63, 3.8) is 0 Å². The fourth-order valence-corrected chi connectivity index (χ4v) is 1.65. The molecule has 0 unspecified atom stereocenters. The fraction of sp³-hybridized carbons (Fsp3) is 0.0833. The zero-order valence-electron chi connectivity index (χ0n) is 8.84. The van der Waals surface area contributed by atoms with Crippen molar-refractivity contribution in [2.24, 2.45) is 5.73 Å². The number of aromatic nitrogens is 2. The summed E-state index contributed by atoms with van der Waals surface area (Å²) in [5, 5.41) is 0. The van der Waals surface area contributed by atoms with Gasteiger partial charge in [0.05, 0.1) is 5.56 Å². The highest BCUT2D eigenvalue weighted by molar-refractivity contribution is 6.00. The molecular formula is C12H11N3O. The van der Waals surface area contributed by atoms with Gasteiger partial charge in [0.2, 0.25) is 5.91 Å². The van der Waals surface area contributed by atoms with E-state index in [-0.39, 0.29) is 0 Å². The molecule has 0 aliphatic heterocycles. The number of amides is 1. The predicted octanol–water partition coefficient (Wildman–Crippen LogP) is 1.55. The van der Waals surface area contributed by atoms with E-state index in [0.29, 0.717) is 5.56 Å². The molecule has 0 saturated heterocycles. The molecule has 1 amide bonds. The monoisotopic (exact) mass is 213 g/mol. The lowest BCUT2D eigenvalue weighted by molar-refractivity contribution is 0.100. The molecule has 4 heteroatoms. The van der Waals surface area contributed by atoms with E-state index < -0.39 is 5.91 Å². The van der Waals surface area contributed by atoms with E-state index in [0.717, 1.165) is 16.8 Å². The van der Waals surface area contributed by atoms with Crippen LogP contribution in [0.1, 0.15) is 16.1 Å². The van der Waals surface area contributed by atoms with Crippen LogP contribution in [-0.2, 0) is 0 Å². The van der Waals surface area contributed by atoms with Gasteiger partial charge < -0.3 is 5.73 Å². The van der Waals surface area contributed by atoms with Gasteiger partial charge in [-0.1, -0.05) is 6.07 Å². The molecule has 0 aliphatic carbocycles. The molecule has 2 aromatic rings. The highest BCUT2D eigenvalue weighted by Gasteiger charge is 2.12. The number of aryl methyl sites for hydroxylation is 1. The van der Waals surface area contributed by atoms with Gasteiger partial charge in [-0.15, -0.1) is 0 Å². The number of nitrogens with two attached hydrogens (primary N) is 1. The Kier molecular flexibility index (Phi) is 2.64. The van der Waals surface area contributed by atoms with E-state index in [1.54, 1.807) is 24.7 Å². The second-order valence-corrected chi connectivity index (χ2v) is 3.42. The Morgan fingerprint density at radius 1 is 1.31 bits per heavy atom. The summed E-state index contributed by atoms with van der Waals surface area (Å²) in [6, 6.07) is 5.31. The lowest BCUT2D eigenvalue weighted by Crippen LogP contribution is -2.13. The van der Waals surface area contributed by atoms with Crippen molar-refractivity contribution in [2.45, 2.75) is 6.92 Å². The normalized spacial score (nSPS) is 10.1. The average molecular weight is 213 g/mol. The van der Waals surface area contributed by atoms with Crippen LogP contribution in [0.15, 0.2) is 36.8 Å². The zero-order valence-corrected chi connectivity index (χ0v) is 8.84. The number of hydrogen-bond donors (Lipinski definition) is 1. The molecule has 2 heterocycles. The van der Waals surface area contributed by atoms with Crippen molar-refractivity contribution in [3.05, 3.63) is 48.0 Å². The fourth-order valence-electron chi connectivity index (χ4n) is 1.65. The summed E-state index contributed by atoms with van der Waals surface area (Å²) in [5.74, 6) is -0.454. The summed E-state index contributed by atoms with van der Waals surface area (Å²) in [4.78, 5) is 19.5. The number of primary amides is 1. The second-order valence-electron chi connectivity index (χ2n) is 3.42. The lowest BCUT2D eigenvalue weighted by Gasteiger charge is -2.08. The quantitative estimate of drug-likeness (QED) is 0.822. The van der Waals surface area contributed by atoms with E-state index in [1.807, 2.05) is 19.1 Å². The molecule has 0 fully saturated rings. The van der Waals surface area contributed by atoms with Crippen LogP contribution in [0.5, 0.6) is 0 Å². The van der Waals surface area contributed by atoms with E-state index in [9.17, 15) is 4.79 Å². The van der Waals surface area contributed by atoms with Crippen molar-refractivity contribution in [1.29, 1.82) is 0 Å². The second kappa shape index (κ2) is 4.10. The third-order valence-corrected chi connectivity index (χ3v) is 2.36. The van der Waals surface area contributed by atoms with Crippen molar-refractivity contribution >= 4 is 5.91 Å². The van der Waals surface area contributed by atoms with Gasteiger partial charge in [0, 0.05) is 35.4 Å². The third kappa shape index (κ3) is 1.77. The van der Waals surface area contributed by atoms with Crippen molar-refractivity contribution in [1.82, 2.24) is 9.97 Å². The summed E-state index contributed by atoms with van der Waals surface area (Å²) in [7, 11) is 0. The van der Waals surface area contributed by atoms with Crippen LogP contribution >= 0.6 is 0 Å². The molecule has 0 bridgehead atoms. The van der Waals surface area contributed by atoms with Gasteiger partial charge >= 0.3 is 0 Å². The standard InChI is InChI=1S/C12H11N3O/c1-8-11(9-3-2-5-14-7-9)10(12(13)16)4-6-15-8/h2-7H,1H3,(H2,13,16). The number of nitrogens with zero attached hydrogens (tertiary/aromatic N) is 2. The number of carbonyl (C=O) groups excluding carboxylic acids is 1. The molecule has 0 atom stereocenters. The van der Waals surface area contributed by atoms with Gasteiger partial charge in [0.1, 0.15) is 0 Å². The van der Waals surface area contributed by atoms with Gasteiger partial charge in [-0.05, 0) is 19.1 Å². The van der Waals surface area contributed by atoms with Crippen LogP contribution in [0.25, 0.3) is 11.1 Å². The Balaban J connectivity index is 2.68. The molecule has 16 heavy (non-hydrogen) atoms. The molecule has 0 radical (unpaired) electrons. The lowest BCUT2D eigenvalue weighted by atomic mass is 10.00.